The first-order valence-electron chi connectivity index (χ1n) is 6.74. The molecule has 0 heterocycles. The topological polar surface area (TPSA) is 29.1 Å². The van der Waals surface area contributed by atoms with Crippen LogP contribution >= 0.6 is 27.5 Å². The predicted molar refractivity (Wildman–Crippen MR) is 83.2 cm³/mol. The molecule has 0 aliphatic heterocycles. The first-order chi connectivity index (χ1) is 9.06. The van der Waals surface area contributed by atoms with Gasteiger partial charge in [-0.1, -0.05) is 33.6 Å². The Morgan fingerprint density at radius 1 is 1.37 bits per heavy atom. The van der Waals surface area contributed by atoms with Gasteiger partial charge in [0.05, 0.1) is 0 Å². The number of halogens is 2. The van der Waals surface area contributed by atoms with Crippen LogP contribution in [0.15, 0.2) is 18.2 Å². The van der Waals surface area contributed by atoms with E-state index in [1.807, 2.05) is 19.1 Å². The molecule has 1 aliphatic carbocycles. The smallest absolute Gasteiger partial charge is 0.251 e. The van der Waals surface area contributed by atoms with Crippen molar-refractivity contribution in [3.63, 3.8) is 0 Å². The van der Waals surface area contributed by atoms with E-state index in [-0.39, 0.29) is 5.91 Å². The Morgan fingerprint density at radius 3 is 2.68 bits per heavy atom. The van der Waals surface area contributed by atoms with Crippen molar-refractivity contribution >= 4 is 33.4 Å². The van der Waals surface area contributed by atoms with Crippen molar-refractivity contribution in [1.82, 2.24) is 5.32 Å². The quantitative estimate of drug-likeness (QED) is 0.812. The molecule has 0 radical (unpaired) electrons. The minimum Gasteiger partial charge on any atom is -0.352 e. The molecule has 1 fully saturated rings. The average Bonchev–Trinajstić information content (AvgIpc) is 2.41. The normalized spacial score (nSPS) is 23.1. The van der Waals surface area contributed by atoms with E-state index in [2.05, 4.69) is 21.2 Å². The molecule has 1 aliphatic rings. The maximum absolute atomic E-state index is 12.0. The molecule has 0 atom stereocenters. The molecule has 4 heteroatoms. The molecule has 0 spiro atoms. The Morgan fingerprint density at radius 2 is 2.05 bits per heavy atom. The average molecular weight is 345 g/mol. The lowest BCUT2D eigenvalue weighted by atomic mass is 9.89. The maximum atomic E-state index is 12.0. The van der Waals surface area contributed by atoms with Crippen LogP contribution in [-0.2, 0) is 0 Å². The van der Waals surface area contributed by atoms with Gasteiger partial charge < -0.3 is 5.32 Å². The van der Waals surface area contributed by atoms with Crippen LogP contribution in [0.25, 0.3) is 0 Å². The fourth-order valence-electron chi connectivity index (χ4n) is 2.40. The first kappa shape index (κ1) is 14.9. The van der Waals surface area contributed by atoms with Gasteiger partial charge in [-0.3, -0.25) is 4.79 Å². The third-order valence-corrected chi connectivity index (χ3v) is 5.08. The lowest BCUT2D eigenvalue weighted by Gasteiger charge is -2.25. The van der Waals surface area contributed by atoms with E-state index < -0.39 is 0 Å². The molecule has 1 amide bonds. The molecule has 1 N–H and O–H groups in total. The summed E-state index contributed by atoms with van der Waals surface area (Å²) in [5.41, 5.74) is 1.64. The van der Waals surface area contributed by atoms with E-state index in [1.54, 1.807) is 6.07 Å². The van der Waals surface area contributed by atoms with Gasteiger partial charge in [0.2, 0.25) is 0 Å². The molecule has 0 aromatic heterocycles. The number of benzene rings is 1. The van der Waals surface area contributed by atoms with Crippen LogP contribution in [0.5, 0.6) is 0 Å². The zero-order valence-electron chi connectivity index (χ0n) is 11.1. The van der Waals surface area contributed by atoms with Crippen LogP contribution in [0.3, 0.4) is 0 Å². The van der Waals surface area contributed by atoms with Crippen LogP contribution in [0.1, 0.15) is 41.6 Å². The van der Waals surface area contributed by atoms with Crippen LogP contribution in [0, 0.1) is 12.8 Å². The van der Waals surface area contributed by atoms with Crippen molar-refractivity contribution in [3.05, 3.63) is 34.3 Å². The summed E-state index contributed by atoms with van der Waals surface area (Å²) in [7, 11) is 0. The summed E-state index contributed by atoms with van der Waals surface area (Å²) in [6, 6.07) is 5.45. The maximum Gasteiger partial charge on any atom is 0.251 e. The number of alkyl halides is 1. The van der Waals surface area contributed by atoms with Crippen LogP contribution < -0.4 is 5.32 Å². The second-order valence-electron chi connectivity index (χ2n) is 5.29. The number of hydrogen-bond donors (Lipinski definition) is 1. The van der Waals surface area contributed by atoms with Crippen LogP contribution in [0.2, 0.25) is 5.02 Å². The Bertz CT molecular complexity index is 455. The lowest BCUT2D eigenvalue weighted by molar-refractivity contribution is 0.0944. The van der Waals surface area contributed by atoms with Crippen molar-refractivity contribution in [1.29, 1.82) is 0 Å². The molecule has 1 aromatic rings. The summed E-state index contributed by atoms with van der Waals surface area (Å²) < 4.78 is 0. The summed E-state index contributed by atoms with van der Waals surface area (Å²) in [5, 5.41) is 3.66. The van der Waals surface area contributed by atoms with E-state index >= 15 is 0 Å². The predicted octanol–water partition coefficient (Wildman–Crippen LogP) is 4.33. The van der Waals surface area contributed by atoms with Crippen molar-refractivity contribution in [2.45, 2.75) is 37.4 Å². The number of amides is 1. The summed E-state index contributed by atoms with van der Waals surface area (Å²) in [4.78, 5) is 12.7. The van der Waals surface area contributed by atoms with Crippen molar-refractivity contribution in [2.24, 2.45) is 5.92 Å². The van der Waals surface area contributed by atoms with Crippen molar-refractivity contribution in [3.8, 4) is 0 Å². The minimum atomic E-state index is -0.0251. The van der Waals surface area contributed by atoms with E-state index in [1.165, 1.54) is 25.7 Å². The monoisotopic (exact) mass is 343 g/mol. The highest BCUT2D eigenvalue weighted by Crippen LogP contribution is 2.28. The van der Waals surface area contributed by atoms with Crippen LogP contribution in [-0.4, -0.2) is 17.3 Å². The molecule has 1 saturated carbocycles. The second-order valence-corrected chi connectivity index (χ2v) is 6.99. The lowest BCUT2D eigenvalue weighted by Crippen LogP contribution is -2.31. The van der Waals surface area contributed by atoms with Crippen LogP contribution in [0.4, 0.5) is 0 Å². The number of carbonyl (C=O) groups is 1. The molecule has 0 saturated heterocycles. The van der Waals surface area contributed by atoms with Gasteiger partial charge in [0.25, 0.3) is 5.91 Å². The third-order valence-electron chi connectivity index (χ3n) is 3.76. The number of hydrogen-bond acceptors (Lipinski definition) is 1. The zero-order valence-corrected chi connectivity index (χ0v) is 13.4. The number of nitrogens with one attached hydrogen (secondary N) is 1. The Labute approximate surface area is 128 Å². The minimum absolute atomic E-state index is 0.0251. The molecule has 2 nitrogen and oxygen atoms in total. The summed E-state index contributed by atoms with van der Waals surface area (Å²) >= 11 is 9.68. The summed E-state index contributed by atoms with van der Waals surface area (Å²) in [5.74, 6) is 0.585. The van der Waals surface area contributed by atoms with Gasteiger partial charge in [-0.05, 0) is 56.2 Å². The van der Waals surface area contributed by atoms with Gasteiger partial charge in [0, 0.05) is 22.0 Å². The van der Waals surface area contributed by atoms with E-state index in [4.69, 9.17) is 11.6 Å². The standard InChI is InChI=1S/C15H19BrClNO/c1-10-2-5-12(8-14(10)17)15(19)18-9-11-3-6-13(16)7-4-11/h2,5,8,11,13H,3-4,6-7,9H2,1H3,(H,18,19). The highest BCUT2D eigenvalue weighted by atomic mass is 79.9. The number of aryl methyl sites for hydroxylation is 1. The fraction of sp³-hybridized carbons (Fsp3) is 0.533. The fourth-order valence-corrected chi connectivity index (χ4v) is 3.11. The van der Waals surface area contributed by atoms with Crippen molar-refractivity contribution < 1.29 is 4.79 Å². The van der Waals surface area contributed by atoms with Gasteiger partial charge >= 0.3 is 0 Å². The summed E-state index contributed by atoms with van der Waals surface area (Å²) in [6.45, 7) is 2.70. The van der Waals surface area contributed by atoms with E-state index in [0.29, 0.717) is 21.3 Å². The van der Waals surface area contributed by atoms with Gasteiger partial charge in [-0.15, -0.1) is 0 Å². The molecule has 104 valence electrons. The highest BCUT2D eigenvalue weighted by Gasteiger charge is 2.19. The second kappa shape index (κ2) is 6.76. The molecule has 1 aromatic carbocycles. The van der Waals surface area contributed by atoms with Gasteiger partial charge in [-0.25, -0.2) is 0 Å². The first-order valence-corrected chi connectivity index (χ1v) is 8.04. The molecular weight excluding hydrogens is 326 g/mol. The molecule has 2 rings (SSSR count). The molecule has 0 bridgehead atoms. The largest absolute Gasteiger partial charge is 0.352 e. The summed E-state index contributed by atoms with van der Waals surface area (Å²) in [6.07, 6.45) is 4.78. The van der Waals surface area contributed by atoms with Gasteiger partial charge in [0.1, 0.15) is 0 Å². The SMILES string of the molecule is Cc1ccc(C(=O)NCC2CCC(Br)CC2)cc1Cl. The highest BCUT2D eigenvalue weighted by molar-refractivity contribution is 9.09. The Kier molecular flexibility index (Phi) is 5.28. The van der Waals surface area contributed by atoms with E-state index in [0.717, 1.165) is 12.1 Å². The van der Waals surface area contributed by atoms with Gasteiger partial charge in [-0.2, -0.15) is 0 Å². The Hall–Kier alpha value is -0.540. The number of carbonyl (C=O) groups excluding carboxylic acids is 1. The number of rotatable bonds is 3. The Balaban J connectivity index is 1.85. The molecular formula is C15H19BrClNO. The zero-order chi connectivity index (χ0) is 13.8. The van der Waals surface area contributed by atoms with Gasteiger partial charge in [0.15, 0.2) is 0 Å². The van der Waals surface area contributed by atoms with Crippen molar-refractivity contribution in [2.75, 3.05) is 6.54 Å². The molecule has 19 heavy (non-hydrogen) atoms. The third kappa shape index (κ3) is 4.22. The molecule has 0 unspecified atom stereocenters. The van der Waals surface area contributed by atoms with E-state index in [9.17, 15) is 4.79 Å².